The summed E-state index contributed by atoms with van der Waals surface area (Å²) in [5.41, 5.74) is 12.3. The monoisotopic (exact) mass is 708 g/mol. The second-order valence-electron chi connectivity index (χ2n) is 14.8. The molecular weight excluding hydrogens is 673 g/mol. The lowest BCUT2D eigenvalue weighted by Crippen LogP contribution is -1.94. The van der Waals surface area contributed by atoms with Gasteiger partial charge in [-0.2, -0.15) is 0 Å². The Morgan fingerprint density at radius 3 is 1.11 bits per heavy atom. The Morgan fingerprint density at radius 1 is 0.196 bits per heavy atom. The van der Waals surface area contributed by atoms with E-state index in [-0.39, 0.29) is 0 Å². The summed E-state index contributed by atoms with van der Waals surface area (Å²) < 4.78 is 0. The summed E-state index contributed by atoms with van der Waals surface area (Å²) in [5.74, 6) is 0. The van der Waals surface area contributed by atoms with Crippen molar-refractivity contribution in [2.45, 2.75) is 0 Å². The minimum atomic E-state index is 1.20. The minimum absolute atomic E-state index is 1.20. The van der Waals surface area contributed by atoms with Crippen molar-refractivity contribution in [1.82, 2.24) is 0 Å². The van der Waals surface area contributed by atoms with Gasteiger partial charge in [-0.1, -0.05) is 206 Å². The van der Waals surface area contributed by atoms with E-state index in [1.165, 1.54) is 109 Å². The Balaban J connectivity index is 1.25. The topological polar surface area (TPSA) is 0 Å². The quantitative estimate of drug-likeness (QED) is 0.156. The molecule has 260 valence electrons. The highest BCUT2D eigenvalue weighted by molar-refractivity contribution is 6.26. The van der Waals surface area contributed by atoms with Crippen molar-refractivity contribution in [1.29, 1.82) is 0 Å². The third-order valence-corrected chi connectivity index (χ3v) is 11.6. The molecular formula is C56H36. The standard InChI is InChI=1S/C56H36/c1-4-25-44-37(15-1)18-11-30-47(44)40-21-9-23-42(35-40)49-32-14-34-53-55(50-33-13-20-39-17-3-6-27-46(39)50)52-29-8-7-28-51(52)54(56(49)53)43-24-10-22-41(36-43)48-31-12-19-38-16-2-5-26-45(38)48/h1-36H. The lowest BCUT2D eigenvalue weighted by molar-refractivity contribution is 1.61. The SMILES string of the molecule is c1cc(-c2cccc3ccccc23)cc(-c2cccc3c(-c4cccc5ccccc45)c4ccccc4c(-c4cccc(-c5cccc6ccccc56)c4)c23)c1. The summed E-state index contributed by atoms with van der Waals surface area (Å²) in [6, 6.07) is 80.5. The van der Waals surface area contributed by atoms with Gasteiger partial charge in [0.15, 0.2) is 0 Å². The molecule has 0 aliphatic carbocycles. The van der Waals surface area contributed by atoms with Crippen LogP contribution in [0, 0.1) is 0 Å². The van der Waals surface area contributed by atoms with Gasteiger partial charge in [-0.05, 0) is 122 Å². The first kappa shape index (κ1) is 32.2. The number of hydrogen-bond donors (Lipinski definition) is 0. The van der Waals surface area contributed by atoms with Crippen LogP contribution in [0.3, 0.4) is 0 Å². The summed E-state index contributed by atoms with van der Waals surface area (Å²) in [4.78, 5) is 0. The molecule has 0 aliphatic heterocycles. The molecule has 0 nitrogen and oxygen atoms in total. The maximum absolute atomic E-state index is 2.41. The van der Waals surface area contributed by atoms with Crippen molar-refractivity contribution < 1.29 is 0 Å². The molecule has 0 aliphatic rings. The van der Waals surface area contributed by atoms with Crippen LogP contribution in [0.15, 0.2) is 218 Å². The van der Waals surface area contributed by atoms with Gasteiger partial charge in [0, 0.05) is 0 Å². The normalized spacial score (nSPS) is 11.6. The lowest BCUT2D eigenvalue weighted by Gasteiger charge is -2.22. The van der Waals surface area contributed by atoms with Gasteiger partial charge < -0.3 is 0 Å². The Kier molecular flexibility index (Phi) is 7.60. The molecule has 11 aromatic carbocycles. The van der Waals surface area contributed by atoms with E-state index in [1.807, 2.05) is 0 Å². The summed E-state index contributed by atoms with van der Waals surface area (Å²) in [6.07, 6.45) is 0. The van der Waals surface area contributed by atoms with E-state index in [9.17, 15) is 0 Å². The van der Waals surface area contributed by atoms with E-state index in [0.29, 0.717) is 0 Å². The average molecular weight is 709 g/mol. The predicted molar refractivity (Wildman–Crippen MR) is 241 cm³/mol. The van der Waals surface area contributed by atoms with Gasteiger partial charge >= 0.3 is 0 Å². The van der Waals surface area contributed by atoms with Gasteiger partial charge in [0.2, 0.25) is 0 Å². The largest absolute Gasteiger partial charge is 0.0616 e. The zero-order chi connectivity index (χ0) is 37.0. The van der Waals surface area contributed by atoms with E-state index < -0.39 is 0 Å². The molecule has 0 fully saturated rings. The zero-order valence-electron chi connectivity index (χ0n) is 30.8. The van der Waals surface area contributed by atoms with E-state index in [2.05, 4.69) is 218 Å². The molecule has 0 amide bonds. The van der Waals surface area contributed by atoms with Crippen LogP contribution in [0.25, 0.3) is 109 Å². The Bertz CT molecular complexity index is 3290. The molecule has 0 N–H and O–H groups in total. The van der Waals surface area contributed by atoms with Crippen LogP contribution in [0.5, 0.6) is 0 Å². The van der Waals surface area contributed by atoms with Gasteiger partial charge in [0.25, 0.3) is 0 Å². The molecule has 0 saturated heterocycles. The van der Waals surface area contributed by atoms with Gasteiger partial charge in [-0.3, -0.25) is 0 Å². The van der Waals surface area contributed by atoms with E-state index in [1.54, 1.807) is 0 Å². The molecule has 11 aromatic rings. The zero-order valence-corrected chi connectivity index (χ0v) is 30.8. The summed E-state index contributed by atoms with van der Waals surface area (Å²) in [6.45, 7) is 0. The van der Waals surface area contributed by atoms with Crippen molar-refractivity contribution in [3.63, 3.8) is 0 Å². The summed E-state index contributed by atoms with van der Waals surface area (Å²) in [5, 5.41) is 12.5. The van der Waals surface area contributed by atoms with Crippen molar-refractivity contribution in [2.75, 3.05) is 0 Å². The van der Waals surface area contributed by atoms with Crippen molar-refractivity contribution in [3.05, 3.63) is 218 Å². The fourth-order valence-electron chi connectivity index (χ4n) is 9.15. The van der Waals surface area contributed by atoms with Crippen molar-refractivity contribution >= 4 is 53.9 Å². The predicted octanol–water partition coefficient (Wildman–Crippen LogP) is 15.8. The number of hydrogen-bond acceptors (Lipinski definition) is 0. The highest BCUT2D eigenvalue weighted by Crippen LogP contribution is 2.49. The average Bonchev–Trinajstić information content (AvgIpc) is 3.27. The Hall–Kier alpha value is -7.28. The molecule has 0 bridgehead atoms. The maximum atomic E-state index is 2.41. The molecule has 0 unspecified atom stereocenters. The summed E-state index contributed by atoms with van der Waals surface area (Å²) >= 11 is 0. The second kappa shape index (κ2) is 13.2. The molecule has 56 heavy (non-hydrogen) atoms. The van der Waals surface area contributed by atoms with Crippen LogP contribution >= 0.6 is 0 Å². The highest BCUT2D eigenvalue weighted by Gasteiger charge is 2.21. The van der Waals surface area contributed by atoms with Crippen LogP contribution in [-0.2, 0) is 0 Å². The maximum Gasteiger partial charge on any atom is -0.00141 e. The van der Waals surface area contributed by atoms with Crippen molar-refractivity contribution in [3.8, 4) is 55.6 Å². The second-order valence-corrected chi connectivity index (χ2v) is 14.8. The van der Waals surface area contributed by atoms with Gasteiger partial charge in [0.1, 0.15) is 0 Å². The van der Waals surface area contributed by atoms with Crippen molar-refractivity contribution in [2.24, 2.45) is 0 Å². The highest BCUT2D eigenvalue weighted by atomic mass is 14.2. The molecule has 0 radical (unpaired) electrons. The molecule has 11 rings (SSSR count). The third kappa shape index (κ3) is 5.22. The first-order valence-corrected chi connectivity index (χ1v) is 19.4. The van der Waals surface area contributed by atoms with Crippen LogP contribution in [0.2, 0.25) is 0 Å². The summed E-state index contributed by atoms with van der Waals surface area (Å²) in [7, 11) is 0. The van der Waals surface area contributed by atoms with Crippen LogP contribution in [0.4, 0.5) is 0 Å². The molecule has 0 saturated carbocycles. The molecule has 0 heterocycles. The smallest absolute Gasteiger partial charge is 0.00141 e. The minimum Gasteiger partial charge on any atom is -0.0616 e. The van der Waals surface area contributed by atoms with Crippen LogP contribution in [-0.4, -0.2) is 0 Å². The number of benzene rings is 11. The molecule has 0 spiro atoms. The van der Waals surface area contributed by atoms with E-state index in [4.69, 9.17) is 0 Å². The first-order valence-electron chi connectivity index (χ1n) is 19.4. The molecule has 0 heteroatoms. The number of fused-ring (bicyclic) bond motifs is 5. The van der Waals surface area contributed by atoms with Crippen LogP contribution < -0.4 is 0 Å². The molecule has 0 aromatic heterocycles. The van der Waals surface area contributed by atoms with E-state index >= 15 is 0 Å². The van der Waals surface area contributed by atoms with Crippen LogP contribution in [0.1, 0.15) is 0 Å². The van der Waals surface area contributed by atoms with Gasteiger partial charge in [0.05, 0.1) is 0 Å². The fourth-order valence-corrected chi connectivity index (χ4v) is 9.15. The Morgan fingerprint density at radius 2 is 0.536 bits per heavy atom. The fraction of sp³-hybridized carbons (Fsp3) is 0. The first-order chi connectivity index (χ1) is 27.8. The number of rotatable bonds is 5. The van der Waals surface area contributed by atoms with Gasteiger partial charge in [-0.25, -0.2) is 0 Å². The van der Waals surface area contributed by atoms with Gasteiger partial charge in [-0.15, -0.1) is 0 Å². The molecule has 0 atom stereocenters. The Labute approximate surface area is 326 Å². The third-order valence-electron chi connectivity index (χ3n) is 11.6. The lowest BCUT2D eigenvalue weighted by atomic mass is 9.81. The van der Waals surface area contributed by atoms with E-state index in [0.717, 1.165) is 0 Å².